The average molecular weight is 207 g/mol. The Labute approximate surface area is 92.4 Å². The molecule has 0 bridgehead atoms. The summed E-state index contributed by atoms with van der Waals surface area (Å²) in [5.74, 6) is 8.43. The van der Waals surface area contributed by atoms with Crippen LogP contribution in [0.3, 0.4) is 0 Å². The van der Waals surface area contributed by atoms with Gasteiger partial charge < -0.3 is 0 Å². The number of nitrogens with two attached hydrogens (primary N) is 1. The van der Waals surface area contributed by atoms with Gasteiger partial charge in [0.2, 0.25) is 0 Å². The summed E-state index contributed by atoms with van der Waals surface area (Å²) in [7, 11) is 0. The van der Waals surface area contributed by atoms with Crippen molar-refractivity contribution in [3.05, 3.63) is 0 Å². The molecule has 2 aliphatic rings. The zero-order chi connectivity index (χ0) is 10.7. The fourth-order valence-corrected chi connectivity index (χ4v) is 3.30. The molecule has 84 valence electrons. The predicted octanol–water partition coefficient (Wildman–Crippen LogP) is 0.860. The normalized spacial score (nSPS) is 27.7. The summed E-state index contributed by atoms with van der Waals surface area (Å²) >= 11 is 0. The molecule has 1 aliphatic carbocycles. The molecule has 1 atom stereocenters. The van der Waals surface area contributed by atoms with Crippen LogP contribution in [0.5, 0.6) is 0 Å². The zero-order valence-electron chi connectivity index (χ0n) is 9.34. The molecule has 3 nitrogen and oxygen atoms in total. The van der Waals surface area contributed by atoms with E-state index < -0.39 is 0 Å². The molecule has 0 radical (unpaired) electrons. The van der Waals surface area contributed by atoms with Gasteiger partial charge >= 0.3 is 0 Å². The van der Waals surface area contributed by atoms with Crippen molar-refractivity contribution < 1.29 is 0 Å². The fourth-order valence-electron chi connectivity index (χ4n) is 3.30. The van der Waals surface area contributed by atoms with Gasteiger partial charge in [-0.15, -0.1) is 6.42 Å². The quantitative estimate of drug-likeness (QED) is 0.410. The van der Waals surface area contributed by atoms with Gasteiger partial charge in [0.25, 0.3) is 0 Å². The fraction of sp³-hybridized carbons (Fsp3) is 0.833. The minimum absolute atomic E-state index is 0.0121. The molecule has 2 fully saturated rings. The first-order valence-electron chi connectivity index (χ1n) is 6.01. The van der Waals surface area contributed by atoms with E-state index in [1.54, 1.807) is 0 Å². The maximum atomic E-state index is 5.60. The van der Waals surface area contributed by atoms with Crippen LogP contribution in [0.25, 0.3) is 0 Å². The molecule has 1 saturated carbocycles. The molecule has 0 spiro atoms. The van der Waals surface area contributed by atoms with E-state index in [9.17, 15) is 0 Å². The maximum Gasteiger partial charge on any atom is 0.0997 e. The highest BCUT2D eigenvalue weighted by molar-refractivity contribution is 5.15. The van der Waals surface area contributed by atoms with Gasteiger partial charge in [-0.25, -0.2) is 5.43 Å². The van der Waals surface area contributed by atoms with Crippen LogP contribution in [-0.2, 0) is 0 Å². The number of hydrazine groups is 1. The second-order valence-corrected chi connectivity index (χ2v) is 4.77. The van der Waals surface area contributed by atoms with Crippen molar-refractivity contribution in [2.45, 2.75) is 50.1 Å². The molecular formula is C12H21N3. The van der Waals surface area contributed by atoms with Gasteiger partial charge in [-0.3, -0.25) is 10.7 Å². The molecule has 0 aromatic carbocycles. The number of likely N-dealkylation sites (tertiary alicyclic amines) is 1. The smallest absolute Gasteiger partial charge is 0.0997 e. The van der Waals surface area contributed by atoms with Gasteiger partial charge in [0.15, 0.2) is 0 Å². The van der Waals surface area contributed by atoms with Crippen LogP contribution in [0.2, 0.25) is 0 Å². The molecule has 0 aromatic heterocycles. The molecule has 3 heteroatoms. The van der Waals surface area contributed by atoms with Crippen LogP contribution in [-0.4, -0.2) is 29.6 Å². The van der Waals surface area contributed by atoms with E-state index in [4.69, 9.17) is 12.3 Å². The Kier molecular flexibility index (Phi) is 3.30. The summed E-state index contributed by atoms with van der Waals surface area (Å²) in [5, 5.41) is 0. The van der Waals surface area contributed by atoms with Crippen LogP contribution in [0.4, 0.5) is 0 Å². The monoisotopic (exact) mass is 207 g/mol. The Morgan fingerprint density at radius 1 is 1.20 bits per heavy atom. The SMILES string of the molecule is C#CC(NN)C1(N2CCCC2)CCCC1. The third-order valence-corrected chi connectivity index (χ3v) is 4.08. The number of rotatable bonds is 3. The number of hydrogen-bond acceptors (Lipinski definition) is 3. The van der Waals surface area contributed by atoms with Gasteiger partial charge in [-0.1, -0.05) is 18.8 Å². The predicted molar refractivity (Wildman–Crippen MR) is 62.0 cm³/mol. The first-order chi connectivity index (χ1) is 7.33. The standard InChI is InChI=1S/C12H21N3/c1-2-11(14-13)12(7-3-4-8-12)15-9-5-6-10-15/h1,11,14H,3-10,13H2. The van der Waals surface area contributed by atoms with Crippen molar-refractivity contribution in [1.82, 2.24) is 10.3 Å². The summed E-state index contributed by atoms with van der Waals surface area (Å²) in [6.45, 7) is 2.39. The van der Waals surface area contributed by atoms with E-state index in [2.05, 4.69) is 16.2 Å². The lowest BCUT2D eigenvalue weighted by molar-refractivity contribution is 0.0976. The second kappa shape index (κ2) is 4.52. The van der Waals surface area contributed by atoms with Crippen molar-refractivity contribution in [2.24, 2.45) is 5.84 Å². The lowest BCUT2D eigenvalue weighted by Crippen LogP contribution is -2.60. The minimum atomic E-state index is 0.0121. The van der Waals surface area contributed by atoms with Gasteiger partial charge in [-0.05, 0) is 38.8 Å². The van der Waals surface area contributed by atoms with E-state index in [1.165, 1.54) is 51.6 Å². The lowest BCUT2D eigenvalue weighted by atomic mass is 9.87. The van der Waals surface area contributed by atoms with Crippen LogP contribution in [0.1, 0.15) is 38.5 Å². The summed E-state index contributed by atoms with van der Waals surface area (Å²) in [5.41, 5.74) is 2.99. The van der Waals surface area contributed by atoms with Crippen molar-refractivity contribution in [3.63, 3.8) is 0 Å². The zero-order valence-corrected chi connectivity index (χ0v) is 9.34. The first kappa shape index (κ1) is 10.9. The Balaban J connectivity index is 2.19. The number of terminal acetylenes is 1. The van der Waals surface area contributed by atoms with Crippen LogP contribution >= 0.6 is 0 Å². The summed E-state index contributed by atoms with van der Waals surface area (Å²) in [4.78, 5) is 2.57. The van der Waals surface area contributed by atoms with Crippen LogP contribution in [0, 0.1) is 12.3 Å². The van der Waals surface area contributed by atoms with E-state index in [0.717, 1.165) is 0 Å². The summed E-state index contributed by atoms with van der Waals surface area (Å²) < 4.78 is 0. The maximum absolute atomic E-state index is 5.60. The minimum Gasteiger partial charge on any atom is -0.295 e. The topological polar surface area (TPSA) is 41.3 Å². The highest BCUT2D eigenvalue weighted by Crippen LogP contribution is 2.39. The molecule has 2 rings (SSSR count). The summed E-state index contributed by atoms with van der Waals surface area (Å²) in [6.07, 6.45) is 13.2. The van der Waals surface area contributed by atoms with Gasteiger partial charge in [0.05, 0.1) is 6.04 Å². The van der Waals surface area contributed by atoms with Crippen molar-refractivity contribution in [3.8, 4) is 12.3 Å². The second-order valence-electron chi connectivity index (χ2n) is 4.77. The highest BCUT2D eigenvalue weighted by Gasteiger charge is 2.45. The van der Waals surface area contributed by atoms with E-state index in [0.29, 0.717) is 0 Å². The van der Waals surface area contributed by atoms with E-state index >= 15 is 0 Å². The molecule has 1 unspecified atom stereocenters. The van der Waals surface area contributed by atoms with E-state index in [1.807, 2.05) is 0 Å². The Morgan fingerprint density at radius 3 is 2.27 bits per heavy atom. The van der Waals surface area contributed by atoms with Crippen molar-refractivity contribution >= 4 is 0 Å². The van der Waals surface area contributed by atoms with E-state index in [-0.39, 0.29) is 11.6 Å². The molecular weight excluding hydrogens is 186 g/mol. The van der Waals surface area contributed by atoms with Crippen molar-refractivity contribution in [2.75, 3.05) is 13.1 Å². The third-order valence-electron chi connectivity index (χ3n) is 4.08. The Hall–Kier alpha value is -0.560. The Bertz CT molecular complexity index is 244. The molecule has 3 N–H and O–H groups in total. The van der Waals surface area contributed by atoms with Gasteiger partial charge in [0, 0.05) is 5.54 Å². The molecule has 1 heterocycles. The number of nitrogens with zero attached hydrogens (tertiary/aromatic N) is 1. The molecule has 1 aliphatic heterocycles. The summed E-state index contributed by atoms with van der Waals surface area (Å²) in [6, 6.07) is 0.0121. The van der Waals surface area contributed by atoms with Crippen molar-refractivity contribution in [1.29, 1.82) is 0 Å². The average Bonchev–Trinajstić information content (AvgIpc) is 2.90. The molecule has 0 aromatic rings. The first-order valence-corrected chi connectivity index (χ1v) is 6.01. The number of nitrogens with one attached hydrogen (secondary N) is 1. The van der Waals surface area contributed by atoms with Crippen LogP contribution < -0.4 is 11.3 Å². The van der Waals surface area contributed by atoms with Gasteiger partial charge in [-0.2, -0.15) is 0 Å². The lowest BCUT2D eigenvalue weighted by Gasteiger charge is -2.42. The molecule has 1 saturated heterocycles. The molecule has 0 amide bonds. The van der Waals surface area contributed by atoms with Crippen LogP contribution in [0.15, 0.2) is 0 Å². The molecule has 15 heavy (non-hydrogen) atoms. The Morgan fingerprint density at radius 2 is 1.80 bits per heavy atom. The number of hydrogen-bond donors (Lipinski definition) is 2. The third kappa shape index (κ3) is 1.78. The largest absolute Gasteiger partial charge is 0.295 e. The highest BCUT2D eigenvalue weighted by atomic mass is 15.3. The van der Waals surface area contributed by atoms with Gasteiger partial charge in [0.1, 0.15) is 0 Å².